The van der Waals surface area contributed by atoms with Gasteiger partial charge in [-0.15, -0.1) is 0 Å². The molecule has 0 aliphatic rings. The molecule has 0 atom stereocenters. The first kappa shape index (κ1) is 15.3. The predicted molar refractivity (Wildman–Crippen MR) is 88.8 cm³/mol. The zero-order valence-electron chi connectivity index (χ0n) is 13.3. The number of imidazole rings is 1. The lowest BCUT2D eigenvalue weighted by Gasteiger charge is -2.09. The minimum atomic E-state index is 0.0150. The van der Waals surface area contributed by atoms with Crippen LogP contribution < -0.4 is 10.1 Å². The van der Waals surface area contributed by atoms with E-state index in [1.54, 1.807) is 0 Å². The van der Waals surface area contributed by atoms with Crippen LogP contribution in [0.15, 0.2) is 36.5 Å². The lowest BCUT2D eigenvalue weighted by molar-refractivity contribution is 0.201. The van der Waals surface area contributed by atoms with Gasteiger partial charge < -0.3 is 15.2 Å². The van der Waals surface area contributed by atoms with Crippen LogP contribution >= 0.6 is 0 Å². The van der Waals surface area contributed by atoms with Gasteiger partial charge in [-0.2, -0.15) is 0 Å². The summed E-state index contributed by atoms with van der Waals surface area (Å²) < 4.78 is 7.40. The third kappa shape index (κ3) is 3.43. The summed E-state index contributed by atoms with van der Waals surface area (Å²) in [6.07, 6.45) is 1.85. The summed E-state index contributed by atoms with van der Waals surface area (Å²) in [4.78, 5) is 8.81. The zero-order chi connectivity index (χ0) is 16.2. The summed E-state index contributed by atoms with van der Waals surface area (Å²) in [7, 11) is 0. The molecule has 3 aromatic rings. The summed E-state index contributed by atoms with van der Waals surface area (Å²) in [6, 6.07) is 9.70. The molecule has 0 amide bonds. The van der Waals surface area contributed by atoms with Crippen molar-refractivity contribution in [1.82, 2.24) is 14.4 Å². The van der Waals surface area contributed by atoms with Crippen LogP contribution in [0.3, 0.4) is 0 Å². The fourth-order valence-corrected chi connectivity index (χ4v) is 2.55. The topological polar surface area (TPSA) is 71.7 Å². The zero-order valence-corrected chi connectivity index (χ0v) is 13.3. The Balaban J connectivity index is 1.71. The lowest BCUT2D eigenvalue weighted by atomic mass is 10.3. The number of aliphatic hydroxyl groups excluding tert-OH is 1. The van der Waals surface area contributed by atoms with Gasteiger partial charge >= 0.3 is 0 Å². The number of anilines is 1. The number of aromatic nitrogens is 3. The Labute approximate surface area is 134 Å². The second kappa shape index (κ2) is 6.66. The molecule has 0 unspecified atom stereocenters. The van der Waals surface area contributed by atoms with E-state index in [-0.39, 0.29) is 6.61 Å². The molecule has 6 nitrogen and oxygen atoms in total. The first-order chi connectivity index (χ1) is 11.2. The fourth-order valence-electron chi connectivity index (χ4n) is 2.55. The molecule has 0 aliphatic carbocycles. The largest absolute Gasteiger partial charge is 0.491 e. The average Bonchev–Trinajstić information content (AvgIpc) is 2.95. The molecule has 0 bridgehead atoms. The molecule has 2 N–H and O–H groups in total. The molecular weight excluding hydrogens is 292 g/mol. The summed E-state index contributed by atoms with van der Waals surface area (Å²) in [5.41, 5.74) is 4.15. The Kier molecular flexibility index (Phi) is 4.43. The van der Waals surface area contributed by atoms with Crippen LogP contribution in [0.5, 0.6) is 5.75 Å². The molecule has 2 aromatic heterocycles. The molecule has 0 spiro atoms. The van der Waals surface area contributed by atoms with Crippen molar-refractivity contribution < 1.29 is 9.84 Å². The quantitative estimate of drug-likeness (QED) is 0.731. The smallest absolute Gasteiger partial charge is 0.234 e. The summed E-state index contributed by atoms with van der Waals surface area (Å²) in [6.45, 7) is 5.01. The number of aliphatic hydroxyl groups is 1. The van der Waals surface area contributed by atoms with E-state index in [1.807, 2.05) is 43.5 Å². The highest BCUT2D eigenvalue weighted by Crippen LogP contribution is 2.17. The second-order valence-corrected chi connectivity index (χ2v) is 5.37. The highest BCUT2D eigenvalue weighted by atomic mass is 16.5. The standard InChI is InChI=1S/C17H20N4O2/c1-12-9-13(2)21-15(11-19-17(21)20-12)10-18-14-3-5-16(6-4-14)23-8-7-22/h3-6,9,11,18,22H,7-8,10H2,1-2H3. The summed E-state index contributed by atoms with van der Waals surface area (Å²) in [5.74, 6) is 1.47. The summed E-state index contributed by atoms with van der Waals surface area (Å²) >= 11 is 0. The third-order valence-corrected chi connectivity index (χ3v) is 3.55. The van der Waals surface area contributed by atoms with Gasteiger partial charge in [0.2, 0.25) is 5.78 Å². The van der Waals surface area contributed by atoms with E-state index in [2.05, 4.69) is 26.6 Å². The number of hydrogen-bond acceptors (Lipinski definition) is 5. The molecule has 2 heterocycles. The second-order valence-electron chi connectivity index (χ2n) is 5.37. The van der Waals surface area contributed by atoms with Gasteiger partial charge in [-0.3, -0.25) is 4.40 Å². The Bertz CT molecular complexity index is 796. The molecule has 0 aliphatic heterocycles. The van der Waals surface area contributed by atoms with Crippen LogP contribution in [0.25, 0.3) is 5.78 Å². The molecule has 1 aromatic carbocycles. The molecule has 0 saturated carbocycles. The molecule has 0 saturated heterocycles. The van der Waals surface area contributed by atoms with Gasteiger partial charge in [0.15, 0.2) is 0 Å². The van der Waals surface area contributed by atoms with Crippen LogP contribution in [0, 0.1) is 13.8 Å². The van der Waals surface area contributed by atoms with Crippen molar-refractivity contribution >= 4 is 11.5 Å². The number of nitrogens with one attached hydrogen (secondary N) is 1. The Hall–Kier alpha value is -2.60. The molecular formula is C17H20N4O2. The van der Waals surface area contributed by atoms with E-state index in [4.69, 9.17) is 9.84 Å². The number of hydrogen-bond donors (Lipinski definition) is 2. The van der Waals surface area contributed by atoms with Crippen molar-refractivity contribution in [3.8, 4) is 5.75 Å². The normalized spacial score (nSPS) is 10.9. The summed E-state index contributed by atoms with van der Waals surface area (Å²) in [5, 5.41) is 12.1. The fraction of sp³-hybridized carbons (Fsp3) is 0.294. The van der Waals surface area contributed by atoms with Gasteiger partial charge in [0.25, 0.3) is 0 Å². The van der Waals surface area contributed by atoms with E-state index in [1.165, 1.54) is 0 Å². The minimum absolute atomic E-state index is 0.0150. The van der Waals surface area contributed by atoms with Crippen LogP contribution in [-0.2, 0) is 6.54 Å². The first-order valence-electron chi connectivity index (χ1n) is 7.55. The Morgan fingerprint density at radius 2 is 2.00 bits per heavy atom. The van der Waals surface area contributed by atoms with Crippen LogP contribution in [0.4, 0.5) is 5.69 Å². The molecule has 0 fully saturated rings. The Morgan fingerprint density at radius 1 is 1.22 bits per heavy atom. The van der Waals surface area contributed by atoms with E-state index in [0.29, 0.717) is 13.2 Å². The first-order valence-corrected chi connectivity index (χ1v) is 7.55. The van der Waals surface area contributed by atoms with Crippen molar-refractivity contribution in [2.24, 2.45) is 0 Å². The van der Waals surface area contributed by atoms with Crippen molar-refractivity contribution in [3.05, 3.63) is 53.6 Å². The van der Waals surface area contributed by atoms with E-state index >= 15 is 0 Å². The maximum absolute atomic E-state index is 8.75. The number of fused-ring (bicyclic) bond motifs is 1. The van der Waals surface area contributed by atoms with Crippen LogP contribution in [0.1, 0.15) is 17.1 Å². The van der Waals surface area contributed by atoms with Gasteiger partial charge in [0.1, 0.15) is 12.4 Å². The lowest BCUT2D eigenvalue weighted by Crippen LogP contribution is -2.06. The number of benzene rings is 1. The van der Waals surface area contributed by atoms with Crippen molar-refractivity contribution in [1.29, 1.82) is 0 Å². The van der Waals surface area contributed by atoms with E-state index < -0.39 is 0 Å². The molecule has 3 rings (SSSR count). The molecule has 0 radical (unpaired) electrons. The Morgan fingerprint density at radius 3 is 2.74 bits per heavy atom. The number of ether oxygens (including phenoxy) is 1. The van der Waals surface area contributed by atoms with Crippen LogP contribution in [0.2, 0.25) is 0 Å². The number of aryl methyl sites for hydroxylation is 2. The van der Waals surface area contributed by atoms with E-state index in [9.17, 15) is 0 Å². The predicted octanol–water partition coefficient (Wildman–Crippen LogP) is 2.33. The van der Waals surface area contributed by atoms with Crippen molar-refractivity contribution in [2.45, 2.75) is 20.4 Å². The maximum Gasteiger partial charge on any atom is 0.234 e. The number of nitrogens with zero attached hydrogens (tertiary/aromatic N) is 3. The maximum atomic E-state index is 8.75. The van der Waals surface area contributed by atoms with Gasteiger partial charge in [-0.25, -0.2) is 9.97 Å². The van der Waals surface area contributed by atoms with Crippen molar-refractivity contribution in [3.63, 3.8) is 0 Å². The van der Waals surface area contributed by atoms with E-state index in [0.717, 1.165) is 34.3 Å². The monoisotopic (exact) mass is 312 g/mol. The van der Waals surface area contributed by atoms with Crippen molar-refractivity contribution in [2.75, 3.05) is 18.5 Å². The highest BCUT2D eigenvalue weighted by molar-refractivity contribution is 5.47. The minimum Gasteiger partial charge on any atom is -0.491 e. The third-order valence-electron chi connectivity index (χ3n) is 3.55. The van der Waals surface area contributed by atoms with Gasteiger partial charge in [-0.05, 0) is 44.2 Å². The molecule has 23 heavy (non-hydrogen) atoms. The van der Waals surface area contributed by atoms with Gasteiger partial charge in [-0.1, -0.05) is 0 Å². The SMILES string of the molecule is Cc1cc(C)n2c(CNc3ccc(OCCO)cc3)cnc2n1. The molecule has 6 heteroatoms. The highest BCUT2D eigenvalue weighted by Gasteiger charge is 2.07. The van der Waals surface area contributed by atoms with Gasteiger partial charge in [0.05, 0.1) is 25.0 Å². The number of rotatable bonds is 6. The average molecular weight is 312 g/mol. The van der Waals surface area contributed by atoms with Crippen LogP contribution in [-0.4, -0.2) is 32.7 Å². The van der Waals surface area contributed by atoms with Gasteiger partial charge in [0, 0.05) is 17.1 Å². The molecule has 120 valence electrons.